The highest BCUT2D eigenvalue weighted by molar-refractivity contribution is 5.29. The van der Waals surface area contributed by atoms with Gasteiger partial charge in [-0.25, -0.2) is 0 Å². The highest BCUT2D eigenvalue weighted by Gasteiger charge is 2.35. The van der Waals surface area contributed by atoms with Crippen LogP contribution >= 0.6 is 0 Å². The van der Waals surface area contributed by atoms with Crippen LogP contribution in [0.25, 0.3) is 0 Å². The van der Waals surface area contributed by atoms with E-state index in [-0.39, 0.29) is 0 Å². The lowest BCUT2D eigenvalue weighted by Crippen LogP contribution is -2.46. The number of hydrogen-bond donors (Lipinski definition) is 1. The largest absolute Gasteiger partial charge is 0.330 e. The topological polar surface area (TPSA) is 29.3 Å². The average molecular weight is 272 g/mol. The van der Waals surface area contributed by atoms with Crippen molar-refractivity contribution in [2.75, 3.05) is 19.6 Å². The maximum atomic E-state index is 6.17. The standard InChI is InChI=1S/C18H28N2/c1-15-6-9-18(13-19,10-7-15)14-20-11-8-16-4-2-3-5-17(16)12-20/h2-5,15H,6-14,19H2,1H3. The molecular formula is C18H28N2. The van der Waals surface area contributed by atoms with E-state index in [1.165, 1.54) is 50.8 Å². The lowest BCUT2D eigenvalue weighted by molar-refractivity contribution is 0.0876. The minimum absolute atomic E-state index is 0.388. The first-order valence-corrected chi connectivity index (χ1v) is 8.20. The molecule has 1 fully saturated rings. The van der Waals surface area contributed by atoms with Gasteiger partial charge < -0.3 is 5.73 Å². The maximum Gasteiger partial charge on any atom is 0.0236 e. The predicted octanol–water partition coefficient (Wildman–Crippen LogP) is 3.20. The van der Waals surface area contributed by atoms with Gasteiger partial charge in [-0.2, -0.15) is 0 Å². The lowest BCUT2D eigenvalue weighted by atomic mass is 9.70. The van der Waals surface area contributed by atoms with Crippen LogP contribution in [0, 0.1) is 11.3 Å². The van der Waals surface area contributed by atoms with Crippen LogP contribution in [-0.4, -0.2) is 24.5 Å². The number of benzene rings is 1. The summed E-state index contributed by atoms with van der Waals surface area (Å²) in [6, 6.07) is 8.91. The second-order valence-electron chi connectivity index (χ2n) is 7.12. The zero-order chi connectivity index (χ0) is 14.0. The summed E-state index contributed by atoms with van der Waals surface area (Å²) in [6.45, 7) is 6.77. The van der Waals surface area contributed by atoms with Gasteiger partial charge in [0.05, 0.1) is 0 Å². The van der Waals surface area contributed by atoms with Crippen LogP contribution < -0.4 is 5.73 Å². The average Bonchev–Trinajstić information content (AvgIpc) is 2.50. The first-order valence-electron chi connectivity index (χ1n) is 8.20. The van der Waals surface area contributed by atoms with Gasteiger partial charge in [0.25, 0.3) is 0 Å². The van der Waals surface area contributed by atoms with Gasteiger partial charge >= 0.3 is 0 Å². The number of nitrogens with zero attached hydrogens (tertiary/aromatic N) is 1. The van der Waals surface area contributed by atoms with Crippen molar-refractivity contribution in [3.05, 3.63) is 35.4 Å². The minimum Gasteiger partial charge on any atom is -0.330 e. The summed E-state index contributed by atoms with van der Waals surface area (Å²) in [4.78, 5) is 2.64. The van der Waals surface area contributed by atoms with Crippen LogP contribution in [0.15, 0.2) is 24.3 Å². The fourth-order valence-electron chi connectivity index (χ4n) is 3.96. The van der Waals surface area contributed by atoms with Gasteiger partial charge in [0.2, 0.25) is 0 Å². The van der Waals surface area contributed by atoms with Crippen molar-refractivity contribution < 1.29 is 0 Å². The Kier molecular flexibility index (Phi) is 4.13. The van der Waals surface area contributed by atoms with E-state index in [1.807, 2.05) is 0 Å². The molecule has 20 heavy (non-hydrogen) atoms. The molecule has 110 valence electrons. The van der Waals surface area contributed by atoms with E-state index in [0.29, 0.717) is 5.41 Å². The smallest absolute Gasteiger partial charge is 0.0236 e. The van der Waals surface area contributed by atoms with Crippen LogP contribution in [0.2, 0.25) is 0 Å². The normalized spacial score (nSPS) is 31.0. The molecule has 2 heteroatoms. The number of hydrogen-bond acceptors (Lipinski definition) is 2. The van der Waals surface area contributed by atoms with Gasteiger partial charge in [0.15, 0.2) is 0 Å². The molecule has 1 aromatic carbocycles. The number of rotatable bonds is 3. The SMILES string of the molecule is CC1CCC(CN)(CN2CCc3ccccc3C2)CC1. The Labute approximate surface area is 123 Å². The van der Waals surface area contributed by atoms with Gasteiger partial charge in [-0.05, 0) is 48.3 Å². The van der Waals surface area contributed by atoms with Gasteiger partial charge in [-0.15, -0.1) is 0 Å². The number of nitrogens with two attached hydrogens (primary N) is 1. The van der Waals surface area contributed by atoms with Gasteiger partial charge in [0.1, 0.15) is 0 Å². The van der Waals surface area contributed by atoms with Crippen molar-refractivity contribution in [3.63, 3.8) is 0 Å². The third-order valence-electron chi connectivity index (χ3n) is 5.54. The molecule has 3 rings (SSSR count). The molecular weight excluding hydrogens is 244 g/mol. The van der Waals surface area contributed by atoms with Crippen LogP contribution in [0.3, 0.4) is 0 Å². The molecule has 0 unspecified atom stereocenters. The summed E-state index contributed by atoms with van der Waals surface area (Å²) in [6.07, 6.45) is 6.57. The molecule has 0 spiro atoms. The Hall–Kier alpha value is -0.860. The molecule has 2 nitrogen and oxygen atoms in total. The first kappa shape index (κ1) is 14.1. The second kappa shape index (κ2) is 5.87. The minimum atomic E-state index is 0.388. The van der Waals surface area contributed by atoms with E-state index < -0.39 is 0 Å². The molecule has 0 amide bonds. The second-order valence-corrected chi connectivity index (χ2v) is 7.12. The Morgan fingerprint density at radius 1 is 1.20 bits per heavy atom. The summed E-state index contributed by atoms with van der Waals surface area (Å²) < 4.78 is 0. The predicted molar refractivity (Wildman–Crippen MR) is 84.5 cm³/mol. The zero-order valence-corrected chi connectivity index (χ0v) is 12.8. The molecule has 1 saturated carbocycles. The van der Waals surface area contributed by atoms with Gasteiger partial charge in [-0.3, -0.25) is 4.90 Å². The highest BCUT2D eigenvalue weighted by atomic mass is 15.1. The van der Waals surface area contributed by atoms with Gasteiger partial charge in [0, 0.05) is 19.6 Å². The van der Waals surface area contributed by atoms with Crippen LogP contribution in [0.1, 0.15) is 43.7 Å². The monoisotopic (exact) mass is 272 g/mol. The molecule has 1 aromatic rings. The maximum absolute atomic E-state index is 6.17. The Bertz CT molecular complexity index is 446. The van der Waals surface area contributed by atoms with Crippen molar-refractivity contribution in [1.29, 1.82) is 0 Å². The molecule has 0 bridgehead atoms. The Morgan fingerprint density at radius 3 is 2.60 bits per heavy atom. The van der Waals surface area contributed by atoms with E-state index in [4.69, 9.17) is 5.73 Å². The van der Waals surface area contributed by atoms with Crippen molar-refractivity contribution >= 4 is 0 Å². The number of fused-ring (bicyclic) bond motifs is 1. The molecule has 2 aliphatic rings. The Morgan fingerprint density at radius 2 is 1.90 bits per heavy atom. The van der Waals surface area contributed by atoms with E-state index in [9.17, 15) is 0 Å². The van der Waals surface area contributed by atoms with E-state index in [0.717, 1.165) is 19.0 Å². The summed E-state index contributed by atoms with van der Waals surface area (Å²) in [5.74, 6) is 0.900. The fourth-order valence-corrected chi connectivity index (χ4v) is 3.96. The molecule has 1 aliphatic heterocycles. The summed E-state index contributed by atoms with van der Waals surface area (Å²) in [7, 11) is 0. The first-order chi connectivity index (χ1) is 9.71. The van der Waals surface area contributed by atoms with Crippen molar-refractivity contribution in [3.8, 4) is 0 Å². The van der Waals surface area contributed by atoms with E-state index >= 15 is 0 Å². The lowest BCUT2D eigenvalue weighted by Gasteiger charge is -2.43. The fraction of sp³-hybridized carbons (Fsp3) is 0.667. The molecule has 1 heterocycles. The van der Waals surface area contributed by atoms with Crippen molar-refractivity contribution in [2.45, 2.75) is 45.6 Å². The Balaban J connectivity index is 1.66. The van der Waals surface area contributed by atoms with Crippen molar-refractivity contribution in [2.24, 2.45) is 17.1 Å². The summed E-state index contributed by atoms with van der Waals surface area (Å²) in [5.41, 5.74) is 9.62. The molecule has 1 aliphatic carbocycles. The highest BCUT2D eigenvalue weighted by Crippen LogP contribution is 2.39. The van der Waals surface area contributed by atoms with E-state index in [1.54, 1.807) is 5.56 Å². The van der Waals surface area contributed by atoms with Crippen LogP contribution in [-0.2, 0) is 13.0 Å². The van der Waals surface area contributed by atoms with Gasteiger partial charge in [-0.1, -0.05) is 44.0 Å². The zero-order valence-electron chi connectivity index (χ0n) is 12.8. The molecule has 0 radical (unpaired) electrons. The van der Waals surface area contributed by atoms with Crippen LogP contribution in [0.4, 0.5) is 0 Å². The van der Waals surface area contributed by atoms with E-state index in [2.05, 4.69) is 36.1 Å². The third kappa shape index (κ3) is 2.91. The molecule has 2 N–H and O–H groups in total. The van der Waals surface area contributed by atoms with Crippen LogP contribution in [0.5, 0.6) is 0 Å². The third-order valence-corrected chi connectivity index (χ3v) is 5.54. The molecule has 0 atom stereocenters. The summed E-state index contributed by atoms with van der Waals surface area (Å²) >= 11 is 0. The summed E-state index contributed by atoms with van der Waals surface area (Å²) in [5, 5.41) is 0. The molecule has 0 aromatic heterocycles. The molecule has 0 saturated heterocycles. The quantitative estimate of drug-likeness (QED) is 0.915. The van der Waals surface area contributed by atoms with Crippen molar-refractivity contribution in [1.82, 2.24) is 4.90 Å².